The molecule has 0 aromatic rings. The molecule has 0 radical (unpaired) electrons. The van der Waals surface area contributed by atoms with E-state index in [0.29, 0.717) is 0 Å². The van der Waals surface area contributed by atoms with E-state index in [9.17, 15) is 14.4 Å². The molecule has 0 aromatic heterocycles. The molecule has 0 N–H and O–H groups in total. The summed E-state index contributed by atoms with van der Waals surface area (Å²) < 4.78 is 5.00. The van der Waals surface area contributed by atoms with E-state index in [1.54, 1.807) is 13.8 Å². The second-order valence-corrected chi connectivity index (χ2v) is 5.80. The van der Waals surface area contributed by atoms with E-state index >= 15 is 0 Å². The Morgan fingerprint density at radius 1 is 1.26 bits per heavy atom. The van der Waals surface area contributed by atoms with Crippen molar-refractivity contribution in [2.75, 3.05) is 6.54 Å². The van der Waals surface area contributed by atoms with Gasteiger partial charge in [0.2, 0.25) is 11.8 Å². The van der Waals surface area contributed by atoms with Gasteiger partial charge < -0.3 is 4.74 Å². The van der Waals surface area contributed by atoms with Crippen LogP contribution in [0.5, 0.6) is 0 Å². The van der Waals surface area contributed by atoms with Gasteiger partial charge in [0.1, 0.15) is 6.54 Å². The van der Waals surface area contributed by atoms with Crippen LogP contribution in [-0.4, -0.2) is 35.3 Å². The van der Waals surface area contributed by atoms with Crippen LogP contribution < -0.4 is 0 Å². The van der Waals surface area contributed by atoms with Crippen LogP contribution in [0.2, 0.25) is 0 Å². The summed E-state index contributed by atoms with van der Waals surface area (Å²) in [4.78, 5) is 37.2. The van der Waals surface area contributed by atoms with Crippen molar-refractivity contribution in [3.63, 3.8) is 0 Å². The lowest BCUT2D eigenvalue weighted by molar-refractivity contribution is -0.155. The number of allylic oxidation sites excluding steroid dienone is 2. The van der Waals surface area contributed by atoms with E-state index in [1.165, 1.54) is 0 Å². The fourth-order valence-corrected chi connectivity index (χ4v) is 3.55. The van der Waals surface area contributed by atoms with E-state index in [4.69, 9.17) is 4.74 Å². The minimum atomic E-state index is -0.517. The standard InChI is InChI=1S/C14H17NO4/c1-7(2)19-10(16)6-15-13(17)11-8-3-4-9(5-8)12(11)14(15)18/h3-4,7-9,11-12H,5-6H2,1-2H3/t8-,9-,11-,12-/m0/s1. The zero-order valence-corrected chi connectivity index (χ0v) is 11.0. The normalized spacial score (nSPS) is 35.4. The van der Waals surface area contributed by atoms with Gasteiger partial charge in [0.05, 0.1) is 17.9 Å². The first-order valence-corrected chi connectivity index (χ1v) is 6.72. The molecule has 1 saturated carbocycles. The van der Waals surface area contributed by atoms with Gasteiger partial charge in [-0.15, -0.1) is 0 Å². The lowest BCUT2D eigenvalue weighted by Crippen LogP contribution is -2.38. The number of esters is 1. The SMILES string of the molecule is CC(C)OC(=O)CN1C(=O)[C@@H]2[C@@H](C1=O)[C@H]1C=C[C@H]2C1. The van der Waals surface area contributed by atoms with E-state index in [0.717, 1.165) is 11.3 Å². The average Bonchev–Trinajstić information content (AvgIpc) is 2.97. The van der Waals surface area contributed by atoms with Crippen LogP contribution in [0.4, 0.5) is 0 Å². The summed E-state index contributed by atoms with van der Waals surface area (Å²) in [6.07, 6.45) is 4.73. The van der Waals surface area contributed by atoms with Crippen molar-refractivity contribution in [1.29, 1.82) is 0 Å². The third-order valence-electron chi connectivity index (χ3n) is 4.22. The second-order valence-electron chi connectivity index (χ2n) is 5.80. The number of amides is 2. The maximum atomic E-state index is 12.3. The molecule has 4 atom stereocenters. The summed E-state index contributed by atoms with van der Waals surface area (Å²) in [5.41, 5.74) is 0. The summed E-state index contributed by atoms with van der Waals surface area (Å²) >= 11 is 0. The van der Waals surface area contributed by atoms with Crippen molar-refractivity contribution >= 4 is 17.8 Å². The van der Waals surface area contributed by atoms with Gasteiger partial charge in [-0.25, -0.2) is 0 Å². The van der Waals surface area contributed by atoms with Crippen molar-refractivity contribution in [2.45, 2.75) is 26.4 Å². The van der Waals surface area contributed by atoms with Crippen LogP contribution in [0.25, 0.3) is 0 Å². The van der Waals surface area contributed by atoms with Crippen LogP contribution in [0.15, 0.2) is 12.2 Å². The Kier molecular flexibility index (Phi) is 2.73. The molecule has 0 unspecified atom stereocenters. The van der Waals surface area contributed by atoms with Crippen molar-refractivity contribution < 1.29 is 19.1 Å². The van der Waals surface area contributed by atoms with Crippen LogP contribution in [-0.2, 0) is 19.1 Å². The van der Waals surface area contributed by atoms with Crippen molar-refractivity contribution in [3.05, 3.63) is 12.2 Å². The molecule has 0 aromatic carbocycles. The topological polar surface area (TPSA) is 63.7 Å². The van der Waals surface area contributed by atoms with Crippen LogP contribution in [0.1, 0.15) is 20.3 Å². The van der Waals surface area contributed by atoms with Crippen molar-refractivity contribution in [1.82, 2.24) is 4.90 Å². The van der Waals surface area contributed by atoms with Gasteiger partial charge in [-0.1, -0.05) is 12.2 Å². The third-order valence-corrected chi connectivity index (χ3v) is 4.22. The maximum absolute atomic E-state index is 12.3. The maximum Gasteiger partial charge on any atom is 0.326 e. The molecule has 2 bridgehead atoms. The summed E-state index contributed by atoms with van der Waals surface area (Å²) in [5, 5.41) is 0. The summed E-state index contributed by atoms with van der Waals surface area (Å²) in [7, 11) is 0. The van der Waals surface area contributed by atoms with Crippen molar-refractivity contribution in [2.24, 2.45) is 23.7 Å². The largest absolute Gasteiger partial charge is 0.462 e. The second kappa shape index (κ2) is 4.18. The Morgan fingerprint density at radius 3 is 2.26 bits per heavy atom. The Morgan fingerprint density at radius 2 is 1.79 bits per heavy atom. The molecule has 1 aliphatic heterocycles. The van der Waals surface area contributed by atoms with Gasteiger partial charge >= 0.3 is 5.97 Å². The number of hydrogen-bond donors (Lipinski definition) is 0. The Bertz CT molecular complexity index is 452. The highest BCUT2D eigenvalue weighted by atomic mass is 16.5. The van der Waals surface area contributed by atoms with Gasteiger partial charge in [-0.3, -0.25) is 19.3 Å². The van der Waals surface area contributed by atoms with E-state index in [2.05, 4.69) is 0 Å². The molecule has 5 nitrogen and oxygen atoms in total. The summed E-state index contributed by atoms with van der Waals surface area (Å²) in [6.45, 7) is 3.23. The fraction of sp³-hybridized carbons (Fsp3) is 0.643. The smallest absolute Gasteiger partial charge is 0.326 e. The number of fused-ring (bicyclic) bond motifs is 5. The number of rotatable bonds is 3. The van der Waals surface area contributed by atoms with Gasteiger partial charge in [0, 0.05) is 0 Å². The Labute approximate surface area is 111 Å². The molecule has 2 fully saturated rings. The lowest BCUT2D eigenvalue weighted by Gasteiger charge is -2.17. The number of ether oxygens (including phenoxy) is 1. The summed E-state index contributed by atoms with van der Waals surface area (Å²) in [6, 6.07) is 0. The van der Waals surface area contributed by atoms with Crippen LogP contribution in [0.3, 0.4) is 0 Å². The van der Waals surface area contributed by atoms with E-state index in [1.807, 2.05) is 12.2 Å². The first-order chi connectivity index (χ1) is 8.99. The molecule has 0 spiro atoms. The van der Waals surface area contributed by atoms with E-state index in [-0.39, 0.29) is 48.1 Å². The first-order valence-electron chi connectivity index (χ1n) is 6.72. The number of hydrogen-bond acceptors (Lipinski definition) is 4. The van der Waals surface area contributed by atoms with Crippen LogP contribution in [0, 0.1) is 23.7 Å². The van der Waals surface area contributed by atoms with Gasteiger partial charge in [-0.05, 0) is 32.1 Å². The molecule has 102 valence electrons. The number of carbonyl (C=O) groups is 3. The van der Waals surface area contributed by atoms with Crippen molar-refractivity contribution in [3.8, 4) is 0 Å². The highest BCUT2D eigenvalue weighted by molar-refractivity contribution is 6.08. The molecule has 5 heteroatoms. The molecule has 19 heavy (non-hydrogen) atoms. The van der Waals surface area contributed by atoms with Gasteiger partial charge in [0.15, 0.2) is 0 Å². The Hall–Kier alpha value is -1.65. The predicted molar refractivity (Wildman–Crippen MR) is 65.7 cm³/mol. The van der Waals surface area contributed by atoms with Gasteiger partial charge in [0.25, 0.3) is 0 Å². The molecule has 3 rings (SSSR count). The Balaban J connectivity index is 1.74. The number of imide groups is 1. The van der Waals surface area contributed by atoms with Gasteiger partial charge in [-0.2, -0.15) is 0 Å². The molecule has 3 aliphatic rings. The zero-order valence-electron chi connectivity index (χ0n) is 11.0. The fourth-order valence-electron chi connectivity index (χ4n) is 3.55. The summed E-state index contributed by atoms with van der Waals surface area (Å²) in [5.74, 6) is -1.05. The molecular weight excluding hydrogens is 246 g/mol. The molecule has 1 saturated heterocycles. The lowest BCUT2D eigenvalue weighted by atomic mass is 9.85. The number of likely N-dealkylation sites (tertiary alicyclic amines) is 1. The molecule has 2 amide bonds. The van der Waals surface area contributed by atoms with Crippen LogP contribution >= 0.6 is 0 Å². The van der Waals surface area contributed by atoms with E-state index < -0.39 is 5.97 Å². The average molecular weight is 263 g/mol. The third kappa shape index (κ3) is 1.79. The number of nitrogens with zero attached hydrogens (tertiary/aromatic N) is 1. The minimum Gasteiger partial charge on any atom is -0.462 e. The molecule has 1 heterocycles. The highest BCUT2D eigenvalue weighted by Gasteiger charge is 2.59. The molecular formula is C14H17NO4. The quantitative estimate of drug-likeness (QED) is 0.428. The zero-order chi connectivity index (χ0) is 13.7. The highest BCUT2D eigenvalue weighted by Crippen LogP contribution is 2.52. The number of carbonyl (C=O) groups excluding carboxylic acids is 3. The predicted octanol–water partition coefficient (Wildman–Crippen LogP) is 0.745. The monoisotopic (exact) mass is 263 g/mol. The molecule has 2 aliphatic carbocycles. The first kappa shape index (κ1) is 12.4. The minimum absolute atomic E-state index is 0.178.